The molecule has 0 amide bonds. The standard InChI is InChI=1S/C21H23N3O2S2/c1-14(2)11-22-21-24(23-12-20-15(3)8-9-27-20)18(13-28-21)17-7-6-16(25-4)10-19(17)26-5/h6-10,12-13H,1,11H2,2-5H3. The minimum atomic E-state index is 0.563. The summed E-state index contributed by atoms with van der Waals surface area (Å²) in [7, 11) is 3.29. The van der Waals surface area contributed by atoms with Crippen molar-refractivity contribution >= 4 is 28.9 Å². The lowest BCUT2D eigenvalue weighted by atomic mass is 10.1. The molecule has 3 rings (SSSR count). The van der Waals surface area contributed by atoms with Crippen LogP contribution in [0.1, 0.15) is 17.4 Å². The Hall–Kier alpha value is -2.64. The Kier molecular flexibility index (Phi) is 6.49. The number of benzene rings is 1. The summed E-state index contributed by atoms with van der Waals surface area (Å²) in [6, 6.07) is 7.85. The van der Waals surface area contributed by atoms with E-state index in [1.165, 1.54) is 5.56 Å². The van der Waals surface area contributed by atoms with Crippen LogP contribution in [0.25, 0.3) is 11.3 Å². The van der Waals surface area contributed by atoms with Gasteiger partial charge < -0.3 is 9.47 Å². The minimum Gasteiger partial charge on any atom is -0.497 e. The lowest BCUT2D eigenvalue weighted by Gasteiger charge is -2.10. The van der Waals surface area contributed by atoms with Gasteiger partial charge in [0, 0.05) is 17.0 Å². The van der Waals surface area contributed by atoms with E-state index in [2.05, 4.69) is 29.9 Å². The van der Waals surface area contributed by atoms with Crippen LogP contribution < -0.4 is 14.3 Å². The van der Waals surface area contributed by atoms with Gasteiger partial charge >= 0.3 is 0 Å². The third kappa shape index (κ3) is 4.43. The second kappa shape index (κ2) is 9.03. The Morgan fingerprint density at radius 2 is 2.04 bits per heavy atom. The molecule has 2 heterocycles. The van der Waals surface area contributed by atoms with Gasteiger partial charge in [-0.2, -0.15) is 5.10 Å². The maximum absolute atomic E-state index is 5.59. The molecular weight excluding hydrogens is 390 g/mol. The van der Waals surface area contributed by atoms with Crippen LogP contribution in [0.5, 0.6) is 11.5 Å². The van der Waals surface area contributed by atoms with E-state index in [1.807, 2.05) is 41.4 Å². The number of methoxy groups -OCH3 is 2. The molecule has 3 aromatic rings. The maximum Gasteiger partial charge on any atom is 0.206 e. The first-order valence-electron chi connectivity index (χ1n) is 8.69. The average Bonchev–Trinajstić information content (AvgIpc) is 3.29. The quantitative estimate of drug-likeness (QED) is 0.406. The molecule has 0 N–H and O–H groups in total. The number of aromatic nitrogens is 1. The molecule has 1 aromatic carbocycles. The predicted molar refractivity (Wildman–Crippen MR) is 118 cm³/mol. The van der Waals surface area contributed by atoms with E-state index in [4.69, 9.17) is 14.6 Å². The van der Waals surface area contributed by atoms with Gasteiger partial charge in [0.15, 0.2) is 0 Å². The zero-order valence-electron chi connectivity index (χ0n) is 16.4. The number of hydrogen-bond donors (Lipinski definition) is 0. The van der Waals surface area contributed by atoms with Gasteiger partial charge in [-0.1, -0.05) is 12.2 Å². The SMILES string of the molecule is C=C(C)CN=c1scc(-c2ccc(OC)cc2OC)n1N=Cc1sccc1C. The molecule has 0 radical (unpaired) electrons. The number of rotatable bonds is 7. The smallest absolute Gasteiger partial charge is 0.206 e. The van der Waals surface area contributed by atoms with Crippen LogP contribution in [0.2, 0.25) is 0 Å². The number of nitrogens with zero attached hydrogens (tertiary/aromatic N) is 3. The van der Waals surface area contributed by atoms with Gasteiger partial charge in [-0.25, -0.2) is 4.68 Å². The molecule has 146 valence electrons. The molecule has 0 aliphatic rings. The predicted octanol–water partition coefficient (Wildman–Crippen LogP) is 4.96. The Morgan fingerprint density at radius 1 is 1.21 bits per heavy atom. The third-order valence-electron chi connectivity index (χ3n) is 4.05. The zero-order valence-corrected chi connectivity index (χ0v) is 18.1. The van der Waals surface area contributed by atoms with E-state index in [1.54, 1.807) is 36.9 Å². The summed E-state index contributed by atoms with van der Waals surface area (Å²) in [6.07, 6.45) is 1.88. The lowest BCUT2D eigenvalue weighted by molar-refractivity contribution is 0.395. The topological polar surface area (TPSA) is 48.1 Å². The molecule has 0 atom stereocenters. The molecule has 0 saturated carbocycles. The van der Waals surface area contributed by atoms with Crippen molar-refractivity contribution in [1.82, 2.24) is 4.68 Å². The Morgan fingerprint density at radius 3 is 2.68 bits per heavy atom. The van der Waals surface area contributed by atoms with E-state index in [9.17, 15) is 0 Å². The largest absolute Gasteiger partial charge is 0.497 e. The van der Waals surface area contributed by atoms with E-state index < -0.39 is 0 Å². The van der Waals surface area contributed by atoms with Gasteiger partial charge in [0.05, 0.1) is 37.6 Å². The highest BCUT2D eigenvalue weighted by Crippen LogP contribution is 2.33. The number of thiophene rings is 1. The average molecular weight is 414 g/mol. The molecule has 0 aliphatic heterocycles. The zero-order chi connectivity index (χ0) is 20.1. The summed E-state index contributed by atoms with van der Waals surface area (Å²) >= 11 is 3.21. The maximum atomic E-state index is 5.59. The van der Waals surface area contributed by atoms with E-state index in [-0.39, 0.29) is 0 Å². The highest BCUT2D eigenvalue weighted by atomic mass is 32.1. The number of hydrogen-bond acceptors (Lipinski definition) is 6. The minimum absolute atomic E-state index is 0.563. The Balaban J connectivity index is 2.14. The highest BCUT2D eigenvalue weighted by Gasteiger charge is 2.14. The summed E-state index contributed by atoms with van der Waals surface area (Å²) in [5.41, 5.74) is 4.04. The summed E-state index contributed by atoms with van der Waals surface area (Å²) in [6.45, 7) is 8.55. The first-order chi connectivity index (χ1) is 13.5. The van der Waals surface area contributed by atoms with Gasteiger partial charge in [-0.3, -0.25) is 4.99 Å². The Bertz CT molecular complexity index is 1070. The molecule has 0 fully saturated rings. The van der Waals surface area contributed by atoms with Crippen molar-refractivity contribution in [2.45, 2.75) is 13.8 Å². The van der Waals surface area contributed by atoms with Crippen molar-refractivity contribution in [1.29, 1.82) is 0 Å². The van der Waals surface area contributed by atoms with Crippen molar-refractivity contribution in [2.24, 2.45) is 10.1 Å². The van der Waals surface area contributed by atoms with Gasteiger partial charge in [-0.15, -0.1) is 22.7 Å². The number of thiazole rings is 1. The molecule has 7 heteroatoms. The van der Waals surface area contributed by atoms with Crippen LogP contribution in [-0.2, 0) is 0 Å². The van der Waals surface area contributed by atoms with Crippen molar-refractivity contribution in [2.75, 3.05) is 20.8 Å². The van der Waals surface area contributed by atoms with Crippen molar-refractivity contribution in [3.63, 3.8) is 0 Å². The van der Waals surface area contributed by atoms with Crippen LogP contribution in [0.3, 0.4) is 0 Å². The second-order valence-electron chi connectivity index (χ2n) is 6.27. The monoisotopic (exact) mass is 413 g/mol. The van der Waals surface area contributed by atoms with E-state index in [0.717, 1.165) is 38.0 Å². The summed E-state index contributed by atoms with van der Waals surface area (Å²) in [5, 5.41) is 8.85. The second-order valence-corrected chi connectivity index (χ2v) is 8.05. The van der Waals surface area contributed by atoms with Crippen LogP contribution in [0.4, 0.5) is 0 Å². The molecule has 28 heavy (non-hydrogen) atoms. The third-order valence-corrected chi connectivity index (χ3v) is 5.85. The van der Waals surface area contributed by atoms with Gasteiger partial charge in [0.2, 0.25) is 4.80 Å². The molecule has 0 unspecified atom stereocenters. The van der Waals surface area contributed by atoms with Gasteiger partial charge in [0.1, 0.15) is 11.5 Å². The van der Waals surface area contributed by atoms with Crippen molar-refractivity contribution in [3.05, 3.63) is 62.4 Å². The first-order valence-corrected chi connectivity index (χ1v) is 10.5. The number of aryl methyl sites for hydroxylation is 1. The van der Waals surface area contributed by atoms with E-state index in [0.29, 0.717) is 6.54 Å². The van der Waals surface area contributed by atoms with Crippen LogP contribution in [-0.4, -0.2) is 31.7 Å². The van der Waals surface area contributed by atoms with Gasteiger partial charge in [-0.05, 0) is 43.0 Å². The molecular formula is C21H23N3O2S2. The van der Waals surface area contributed by atoms with Crippen LogP contribution in [0, 0.1) is 6.92 Å². The fourth-order valence-electron chi connectivity index (χ4n) is 2.54. The van der Waals surface area contributed by atoms with E-state index >= 15 is 0 Å². The van der Waals surface area contributed by atoms with Crippen LogP contribution in [0.15, 0.2) is 57.3 Å². The Labute approximate surface area is 172 Å². The molecule has 2 aromatic heterocycles. The molecule has 0 spiro atoms. The fraction of sp³-hybridized carbons (Fsp3) is 0.238. The summed E-state index contributed by atoms with van der Waals surface area (Å²) < 4.78 is 12.8. The van der Waals surface area contributed by atoms with Crippen LogP contribution >= 0.6 is 22.7 Å². The number of ether oxygens (including phenoxy) is 2. The highest BCUT2D eigenvalue weighted by molar-refractivity contribution is 7.11. The van der Waals surface area contributed by atoms with Gasteiger partial charge in [0.25, 0.3) is 0 Å². The molecule has 0 bridgehead atoms. The molecule has 5 nitrogen and oxygen atoms in total. The van der Waals surface area contributed by atoms with Crippen molar-refractivity contribution < 1.29 is 9.47 Å². The molecule has 0 saturated heterocycles. The molecule has 0 aliphatic carbocycles. The van der Waals surface area contributed by atoms with Crippen molar-refractivity contribution in [3.8, 4) is 22.8 Å². The lowest BCUT2D eigenvalue weighted by Crippen LogP contribution is -2.13. The first kappa shape index (κ1) is 20.1. The fourth-order valence-corrected chi connectivity index (χ4v) is 4.15. The normalized spacial score (nSPS) is 11.9. The summed E-state index contributed by atoms with van der Waals surface area (Å²) in [4.78, 5) is 6.60. The summed E-state index contributed by atoms with van der Waals surface area (Å²) in [5.74, 6) is 1.46.